The summed E-state index contributed by atoms with van der Waals surface area (Å²) in [6.07, 6.45) is 2.19. The second-order valence-electron chi connectivity index (χ2n) is 3.96. The molecule has 16 heavy (non-hydrogen) atoms. The quantitative estimate of drug-likeness (QED) is 0.731. The van der Waals surface area contributed by atoms with Crippen LogP contribution in [-0.4, -0.2) is 50.0 Å². The van der Waals surface area contributed by atoms with Crippen molar-refractivity contribution in [2.45, 2.75) is 32.2 Å². The molecule has 0 aliphatic carbocycles. The van der Waals surface area contributed by atoms with Crippen molar-refractivity contribution in [3.05, 3.63) is 0 Å². The second-order valence-corrected chi connectivity index (χ2v) is 3.96. The van der Waals surface area contributed by atoms with Crippen LogP contribution < -0.4 is 5.32 Å². The van der Waals surface area contributed by atoms with Crippen LogP contribution >= 0.6 is 0 Å². The number of carbonyl (C=O) groups is 1. The molecule has 0 aromatic carbocycles. The van der Waals surface area contributed by atoms with Crippen LogP contribution in [0.25, 0.3) is 0 Å². The summed E-state index contributed by atoms with van der Waals surface area (Å²) in [5.41, 5.74) is 0. The van der Waals surface area contributed by atoms with Crippen molar-refractivity contribution in [3.8, 4) is 0 Å². The maximum atomic E-state index is 11.9. The molecular formula is C11H21FN2O2. The van der Waals surface area contributed by atoms with E-state index in [0.717, 1.165) is 32.5 Å². The summed E-state index contributed by atoms with van der Waals surface area (Å²) < 4.78 is 16.8. The molecule has 0 radical (unpaired) electrons. The van der Waals surface area contributed by atoms with Crippen LogP contribution in [0.2, 0.25) is 0 Å². The van der Waals surface area contributed by atoms with Crippen molar-refractivity contribution in [1.29, 1.82) is 0 Å². The Balaban J connectivity index is 2.15. The van der Waals surface area contributed by atoms with Crippen LogP contribution in [0.3, 0.4) is 0 Å². The zero-order valence-corrected chi connectivity index (χ0v) is 9.88. The number of rotatable bonds is 5. The average Bonchev–Trinajstić information content (AvgIpc) is 2.30. The lowest BCUT2D eigenvalue weighted by atomic mass is 10.1. The molecular weight excluding hydrogens is 211 g/mol. The highest BCUT2D eigenvalue weighted by Gasteiger charge is 2.22. The van der Waals surface area contributed by atoms with E-state index in [2.05, 4.69) is 5.32 Å². The minimum atomic E-state index is -0.269. The Morgan fingerprint density at radius 1 is 1.50 bits per heavy atom. The van der Waals surface area contributed by atoms with Gasteiger partial charge >= 0.3 is 6.09 Å². The molecule has 1 amide bonds. The van der Waals surface area contributed by atoms with Crippen molar-refractivity contribution in [2.24, 2.45) is 0 Å². The van der Waals surface area contributed by atoms with E-state index in [1.54, 1.807) is 4.90 Å². The summed E-state index contributed by atoms with van der Waals surface area (Å²) >= 11 is 0. The molecule has 4 nitrogen and oxygen atoms in total. The summed E-state index contributed by atoms with van der Waals surface area (Å²) in [6, 6.07) is 0.414. The van der Waals surface area contributed by atoms with E-state index in [-0.39, 0.29) is 12.8 Å². The van der Waals surface area contributed by atoms with Crippen LogP contribution in [0.4, 0.5) is 9.18 Å². The summed E-state index contributed by atoms with van der Waals surface area (Å²) in [5.74, 6) is 0. The molecule has 1 heterocycles. The Hall–Kier alpha value is -0.840. The van der Waals surface area contributed by atoms with Gasteiger partial charge in [-0.15, -0.1) is 0 Å². The van der Waals surface area contributed by atoms with E-state index in [1.807, 2.05) is 6.92 Å². The topological polar surface area (TPSA) is 41.6 Å². The van der Waals surface area contributed by atoms with E-state index in [0.29, 0.717) is 19.1 Å². The molecule has 0 unspecified atom stereocenters. The third-order valence-electron chi connectivity index (χ3n) is 2.76. The highest BCUT2D eigenvalue weighted by Crippen LogP contribution is 2.11. The molecule has 1 aliphatic rings. The Morgan fingerprint density at radius 3 is 2.75 bits per heavy atom. The van der Waals surface area contributed by atoms with Gasteiger partial charge in [0, 0.05) is 19.1 Å². The number of halogens is 1. The first-order chi connectivity index (χ1) is 7.77. The Bertz CT molecular complexity index is 206. The number of ether oxygens (including phenoxy) is 1. The fraction of sp³-hybridized carbons (Fsp3) is 0.909. The molecule has 0 spiro atoms. The van der Waals surface area contributed by atoms with Gasteiger partial charge in [0.25, 0.3) is 0 Å². The van der Waals surface area contributed by atoms with E-state index in [1.165, 1.54) is 0 Å². The maximum Gasteiger partial charge on any atom is 0.409 e. The van der Waals surface area contributed by atoms with Crippen molar-refractivity contribution >= 4 is 6.09 Å². The predicted molar refractivity (Wildman–Crippen MR) is 60.2 cm³/mol. The molecule has 94 valence electrons. The van der Waals surface area contributed by atoms with Crippen molar-refractivity contribution in [2.75, 3.05) is 32.9 Å². The lowest BCUT2D eigenvalue weighted by Gasteiger charge is -2.31. The zero-order chi connectivity index (χ0) is 11.8. The minimum Gasteiger partial charge on any atom is -0.450 e. The lowest BCUT2D eigenvalue weighted by Crippen LogP contribution is -2.45. The number of likely N-dealkylation sites (tertiary alicyclic amines) is 1. The van der Waals surface area contributed by atoms with Crippen LogP contribution in [-0.2, 0) is 4.74 Å². The van der Waals surface area contributed by atoms with Gasteiger partial charge in [-0.25, -0.2) is 4.79 Å². The Kier molecular flexibility index (Phi) is 6.15. The molecule has 0 aromatic rings. The molecule has 5 heteroatoms. The molecule has 1 rings (SSSR count). The third-order valence-corrected chi connectivity index (χ3v) is 2.76. The SMILES string of the molecule is CCOC(=O)N1CCC(NCCCF)CC1. The minimum absolute atomic E-state index is 0.218. The van der Waals surface area contributed by atoms with E-state index in [4.69, 9.17) is 4.74 Å². The monoisotopic (exact) mass is 232 g/mol. The zero-order valence-electron chi connectivity index (χ0n) is 9.88. The molecule has 0 atom stereocenters. The second kappa shape index (κ2) is 7.44. The van der Waals surface area contributed by atoms with Crippen LogP contribution in [0.15, 0.2) is 0 Å². The van der Waals surface area contributed by atoms with Crippen molar-refractivity contribution < 1.29 is 13.9 Å². The summed E-state index contributed by atoms with van der Waals surface area (Å²) in [6.45, 7) is 4.14. The lowest BCUT2D eigenvalue weighted by molar-refractivity contribution is 0.0951. The molecule has 1 fully saturated rings. The Labute approximate surface area is 96.1 Å². The number of carbonyl (C=O) groups excluding carboxylic acids is 1. The summed E-state index contributed by atoms with van der Waals surface area (Å²) in [4.78, 5) is 13.1. The van der Waals surface area contributed by atoms with Gasteiger partial charge in [0.05, 0.1) is 13.3 Å². The van der Waals surface area contributed by atoms with Gasteiger partial charge < -0.3 is 15.0 Å². The first-order valence-corrected chi connectivity index (χ1v) is 5.99. The number of amides is 1. The number of nitrogens with zero attached hydrogens (tertiary/aromatic N) is 1. The third kappa shape index (κ3) is 4.35. The van der Waals surface area contributed by atoms with Gasteiger partial charge in [-0.05, 0) is 32.7 Å². The first kappa shape index (κ1) is 13.2. The van der Waals surface area contributed by atoms with Gasteiger partial charge in [-0.3, -0.25) is 4.39 Å². The number of hydrogen-bond acceptors (Lipinski definition) is 3. The molecule has 0 saturated carbocycles. The predicted octanol–water partition coefficient (Wildman–Crippen LogP) is 1.56. The van der Waals surface area contributed by atoms with E-state index < -0.39 is 0 Å². The average molecular weight is 232 g/mol. The molecule has 0 bridgehead atoms. The van der Waals surface area contributed by atoms with Gasteiger partial charge in [0.15, 0.2) is 0 Å². The fourth-order valence-electron chi connectivity index (χ4n) is 1.85. The summed E-state index contributed by atoms with van der Waals surface area (Å²) in [7, 11) is 0. The maximum absolute atomic E-state index is 11.9. The fourth-order valence-corrected chi connectivity index (χ4v) is 1.85. The highest BCUT2D eigenvalue weighted by molar-refractivity contribution is 5.67. The van der Waals surface area contributed by atoms with Gasteiger partial charge in [-0.2, -0.15) is 0 Å². The smallest absolute Gasteiger partial charge is 0.409 e. The Morgan fingerprint density at radius 2 is 2.19 bits per heavy atom. The van der Waals surface area contributed by atoms with Gasteiger partial charge in [0.2, 0.25) is 0 Å². The number of piperidine rings is 1. The molecule has 1 aliphatic heterocycles. The first-order valence-electron chi connectivity index (χ1n) is 5.99. The van der Waals surface area contributed by atoms with Gasteiger partial charge in [-0.1, -0.05) is 0 Å². The number of alkyl halides is 1. The normalized spacial score (nSPS) is 17.5. The number of hydrogen-bond donors (Lipinski definition) is 1. The molecule has 1 N–H and O–H groups in total. The highest BCUT2D eigenvalue weighted by atomic mass is 19.1. The van der Waals surface area contributed by atoms with Crippen LogP contribution in [0.5, 0.6) is 0 Å². The largest absolute Gasteiger partial charge is 0.450 e. The van der Waals surface area contributed by atoms with E-state index in [9.17, 15) is 9.18 Å². The standard InChI is InChI=1S/C11H21FN2O2/c1-2-16-11(15)14-8-4-10(5-9-14)13-7-3-6-12/h10,13H,2-9H2,1H3. The molecule has 0 aromatic heterocycles. The van der Waals surface area contributed by atoms with E-state index >= 15 is 0 Å². The van der Waals surface area contributed by atoms with Crippen molar-refractivity contribution in [1.82, 2.24) is 10.2 Å². The van der Waals surface area contributed by atoms with Gasteiger partial charge in [0.1, 0.15) is 0 Å². The molecule has 1 saturated heterocycles. The van der Waals surface area contributed by atoms with Crippen LogP contribution in [0, 0.1) is 0 Å². The van der Waals surface area contributed by atoms with Crippen molar-refractivity contribution in [3.63, 3.8) is 0 Å². The summed E-state index contributed by atoms with van der Waals surface area (Å²) in [5, 5.41) is 3.30. The van der Waals surface area contributed by atoms with Crippen LogP contribution in [0.1, 0.15) is 26.2 Å². The number of nitrogens with one attached hydrogen (secondary N) is 1.